The maximum atomic E-state index is 14.0. The van der Waals surface area contributed by atoms with Crippen LogP contribution in [0.15, 0.2) is 30.5 Å². The number of carbonyl (C=O) groups excluding carboxylic acids is 1. The monoisotopic (exact) mass is 493 g/mol. The Labute approximate surface area is 203 Å². The molecule has 2 heterocycles. The number of benzene rings is 1. The van der Waals surface area contributed by atoms with Crippen molar-refractivity contribution in [3.63, 3.8) is 0 Å². The Balaban J connectivity index is 1.59. The van der Waals surface area contributed by atoms with Crippen LogP contribution in [0.3, 0.4) is 0 Å². The molecule has 1 aromatic carbocycles. The summed E-state index contributed by atoms with van der Waals surface area (Å²) in [6.07, 6.45) is 5.13. The fourth-order valence-electron chi connectivity index (χ4n) is 4.61. The molecule has 0 unspecified atom stereocenters. The van der Waals surface area contributed by atoms with E-state index < -0.39 is 23.2 Å². The standard InChI is InChI=1S/C25H30ClF2N3O3/c1-34-10-2-3-18-11-16(21(26)14-30-18)15-31(19-5-6-19)24(32)20-13-29-9-8-25(20,33)17-4-7-22(27)23(28)12-17/h4,7,11-12,14,19-20,29,33H,2-3,5-6,8-10,13,15H2,1H3/t20-,25+/m1/s1. The second kappa shape index (κ2) is 10.6. The molecule has 6 nitrogen and oxygen atoms in total. The van der Waals surface area contributed by atoms with E-state index in [0.717, 1.165) is 49.1 Å². The maximum Gasteiger partial charge on any atom is 0.230 e. The van der Waals surface area contributed by atoms with Gasteiger partial charge in [0.1, 0.15) is 5.60 Å². The predicted molar refractivity (Wildman–Crippen MR) is 124 cm³/mol. The fraction of sp³-hybridized carbons (Fsp3) is 0.520. The number of piperidine rings is 1. The molecule has 9 heteroatoms. The van der Waals surface area contributed by atoms with Crippen LogP contribution in [0, 0.1) is 17.6 Å². The van der Waals surface area contributed by atoms with Crippen molar-refractivity contribution in [3.8, 4) is 0 Å². The number of amides is 1. The summed E-state index contributed by atoms with van der Waals surface area (Å²) in [7, 11) is 1.65. The molecule has 1 aromatic heterocycles. The van der Waals surface area contributed by atoms with Crippen molar-refractivity contribution < 1.29 is 23.4 Å². The first kappa shape index (κ1) is 25.0. The van der Waals surface area contributed by atoms with Gasteiger partial charge in [0, 0.05) is 44.7 Å². The Morgan fingerprint density at radius 1 is 1.32 bits per heavy atom. The quantitative estimate of drug-likeness (QED) is 0.522. The summed E-state index contributed by atoms with van der Waals surface area (Å²) in [6.45, 7) is 1.63. The molecule has 34 heavy (non-hydrogen) atoms. The summed E-state index contributed by atoms with van der Waals surface area (Å²) in [6, 6.07) is 5.32. The highest BCUT2D eigenvalue weighted by atomic mass is 35.5. The lowest BCUT2D eigenvalue weighted by Gasteiger charge is -2.42. The van der Waals surface area contributed by atoms with Gasteiger partial charge in [-0.3, -0.25) is 9.78 Å². The molecule has 0 radical (unpaired) electrons. The van der Waals surface area contributed by atoms with Gasteiger partial charge in [0.25, 0.3) is 0 Å². The van der Waals surface area contributed by atoms with E-state index in [1.807, 2.05) is 6.07 Å². The number of pyridine rings is 1. The van der Waals surface area contributed by atoms with E-state index in [9.17, 15) is 18.7 Å². The predicted octanol–water partition coefficient (Wildman–Crippen LogP) is 3.58. The average molecular weight is 494 g/mol. The Morgan fingerprint density at radius 3 is 2.82 bits per heavy atom. The zero-order valence-corrected chi connectivity index (χ0v) is 20.0. The van der Waals surface area contributed by atoms with E-state index in [-0.39, 0.29) is 30.5 Å². The van der Waals surface area contributed by atoms with E-state index in [4.69, 9.17) is 16.3 Å². The Morgan fingerprint density at radius 2 is 2.12 bits per heavy atom. The first-order valence-electron chi connectivity index (χ1n) is 11.6. The molecule has 1 saturated heterocycles. The molecule has 2 fully saturated rings. The summed E-state index contributed by atoms with van der Waals surface area (Å²) in [5.74, 6) is -3.10. The molecule has 1 saturated carbocycles. The third-order valence-electron chi connectivity index (χ3n) is 6.71. The van der Waals surface area contributed by atoms with Crippen LogP contribution in [0.25, 0.3) is 0 Å². The second-order valence-electron chi connectivity index (χ2n) is 9.12. The van der Waals surface area contributed by atoms with Crippen LogP contribution in [0.1, 0.15) is 42.5 Å². The number of hydrogen-bond acceptors (Lipinski definition) is 5. The summed E-state index contributed by atoms with van der Waals surface area (Å²) < 4.78 is 32.6. The number of rotatable bonds is 9. The van der Waals surface area contributed by atoms with E-state index >= 15 is 0 Å². The molecule has 1 aliphatic heterocycles. The summed E-state index contributed by atoms with van der Waals surface area (Å²) in [4.78, 5) is 20.0. The second-order valence-corrected chi connectivity index (χ2v) is 9.53. The molecule has 2 aromatic rings. The number of aryl methyl sites for hydroxylation is 1. The number of hydrogen-bond donors (Lipinski definition) is 2. The minimum absolute atomic E-state index is 0.0600. The number of halogens is 3. The highest BCUT2D eigenvalue weighted by Gasteiger charge is 2.48. The molecule has 1 aliphatic carbocycles. The summed E-state index contributed by atoms with van der Waals surface area (Å²) in [5.41, 5.74) is 0.281. The number of aliphatic hydroxyl groups is 1. The number of methoxy groups -OCH3 is 1. The van der Waals surface area contributed by atoms with Gasteiger partial charge in [0.15, 0.2) is 11.6 Å². The van der Waals surface area contributed by atoms with Crippen molar-refractivity contribution in [3.05, 3.63) is 63.9 Å². The third-order valence-corrected chi connectivity index (χ3v) is 7.05. The lowest BCUT2D eigenvalue weighted by atomic mass is 9.75. The van der Waals surface area contributed by atoms with Crippen molar-refractivity contribution >= 4 is 17.5 Å². The van der Waals surface area contributed by atoms with E-state index in [1.165, 1.54) is 6.07 Å². The van der Waals surface area contributed by atoms with Crippen LogP contribution in [0.4, 0.5) is 8.78 Å². The van der Waals surface area contributed by atoms with Gasteiger partial charge >= 0.3 is 0 Å². The van der Waals surface area contributed by atoms with Gasteiger partial charge in [-0.05, 0) is 68.0 Å². The Bertz CT molecular complexity index is 1040. The molecular weight excluding hydrogens is 464 g/mol. The Kier molecular flexibility index (Phi) is 7.82. The van der Waals surface area contributed by atoms with Gasteiger partial charge < -0.3 is 20.1 Å². The zero-order valence-electron chi connectivity index (χ0n) is 19.2. The number of nitrogens with one attached hydrogen (secondary N) is 1. The van der Waals surface area contributed by atoms with Crippen LogP contribution in [-0.4, -0.2) is 53.7 Å². The summed E-state index contributed by atoms with van der Waals surface area (Å²) >= 11 is 6.44. The van der Waals surface area contributed by atoms with Crippen LogP contribution in [0.2, 0.25) is 5.02 Å². The van der Waals surface area contributed by atoms with Crippen LogP contribution < -0.4 is 5.32 Å². The largest absolute Gasteiger partial charge is 0.385 e. The normalized spacial score (nSPS) is 22.6. The lowest BCUT2D eigenvalue weighted by molar-refractivity contribution is -0.150. The number of nitrogens with zero attached hydrogens (tertiary/aromatic N) is 2. The van der Waals surface area contributed by atoms with Crippen molar-refractivity contribution in [1.29, 1.82) is 0 Å². The van der Waals surface area contributed by atoms with E-state index in [2.05, 4.69) is 10.3 Å². The number of ether oxygens (including phenoxy) is 1. The van der Waals surface area contributed by atoms with Gasteiger partial charge in [-0.1, -0.05) is 17.7 Å². The highest BCUT2D eigenvalue weighted by Crippen LogP contribution is 2.39. The fourth-order valence-corrected chi connectivity index (χ4v) is 4.78. The van der Waals surface area contributed by atoms with Gasteiger partial charge in [-0.2, -0.15) is 0 Å². The first-order chi connectivity index (χ1) is 16.3. The van der Waals surface area contributed by atoms with E-state index in [0.29, 0.717) is 24.7 Å². The molecular formula is C25H30ClF2N3O3. The van der Waals surface area contributed by atoms with Crippen molar-refractivity contribution in [2.75, 3.05) is 26.8 Å². The van der Waals surface area contributed by atoms with E-state index in [1.54, 1.807) is 18.2 Å². The zero-order chi connectivity index (χ0) is 24.3. The first-order valence-corrected chi connectivity index (χ1v) is 12.0. The van der Waals surface area contributed by atoms with Crippen LogP contribution >= 0.6 is 11.6 Å². The smallest absolute Gasteiger partial charge is 0.230 e. The molecule has 2 N–H and O–H groups in total. The summed E-state index contributed by atoms with van der Waals surface area (Å²) in [5, 5.41) is 15.2. The van der Waals surface area contributed by atoms with Gasteiger partial charge in [-0.15, -0.1) is 0 Å². The van der Waals surface area contributed by atoms with Gasteiger partial charge in [0.2, 0.25) is 5.91 Å². The third kappa shape index (κ3) is 5.40. The van der Waals surface area contributed by atoms with Gasteiger partial charge in [-0.25, -0.2) is 8.78 Å². The molecule has 2 aliphatic rings. The number of aromatic nitrogens is 1. The van der Waals surface area contributed by atoms with Gasteiger partial charge in [0.05, 0.1) is 10.9 Å². The average Bonchev–Trinajstić information content (AvgIpc) is 3.66. The van der Waals surface area contributed by atoms with Crippen molar-refractivity contribution in [1.82, 2.24) is 15.2 Å². The molecule has 4 rings (SSSR count). The molecule has 0 bridgehead atoms. The highest BCUT2D eigenvalue weighted by molar-refractivity contribution is 6.31. The van der Waals surface area contributed by atoms with Crippen LogP contribution in [0.5, 0.6) is 0 Å². The van der Waals surface area contributed by atoms with Crippen molar-refractivity contribution in [2.24, 2.45) is 5.92 Å². The minimum Gasteiger partial charge on any atom is -0.385 e. The minimum atomic E-state index is -1.60. The molecule has 2 atom stereocenters. The number of carbonyl (C=O) groups is 1. The maximum absolute atomic E-state index is 14.0. The Hall–Kier alpha value is -2.13. The molecule has 0 spiro atoms. The molecule has 1 amide bonds. The van der Waals surface area contributed by atoms with Crippen LogP contribution in [-0.2, 0) is 28.1 Å². The lowest BCUT2D eigenvalue weighted by Crippen LogP contribution is -2.55. The topological polar surface area (TPSA) is 74.7 Å². The van der Waals surface area contributed by atoms with Crippen molar-refractivity contribution in [2.45, 2.75) is 50.3 Å². The molecule has 184 valence electrons. The SMILES string of the molecule is COCCCc1cc(CN(C(=O)[C@H]2CNCC[C@]2(O)c2ccc(F)c(F)c2)C2CC2)c(Cl)cn1.